The van der Waals surface area contributed by atoms with E-state index in [0.717, 1.165) is 0 Å². The Balaban J connectivity index is 0.000000346. The van der Waals surface area contributed by atoms with Gasteiger partial charge in [-0.1, -0.05) is 57.8 Å². The van der Waals surface area contributed by atoms with Gasteiger partial charge >= 0.3 is 0 Å². The number of aromatic nitrogens is 3. The molecule has 2 rings (SSSR count). The van der Waals surface area contributed by atoms with Gasteiger partial charge in [0.25, 0.3) is 0 Å². The highest BCUT2D eigenvalue weighted by atomic mass is 35.5. The molecule has 0 saturated carbocycles. The number of para-hydroxylation sites is 1. The summed E-state index contributed by atoms with van der Waals surface area (Å²) in [5.74, 6) is 0.248. The Bertz CT molecular complexity index is 592. The molecule has 0 bridgehead atoms. The summed E-state index contributed by atoms with van der Waals surface area (Å²) in [7, 11) is 0. The van der Waals surface area contributed by atoms with Crippen LogP contribution < -0.4 is 5.32 Å². The van der Waals surface area contributed by atoms with E-state index >= 15 is 0 Å². The normalized spacial score (nSPS) is 10.7. The minimum Gasteiger partial charge on any atom is -0.323 e. The first-order chi connectivity index (χ1) is 10.2. The van der Waals surface area contributed by atoms with Crippen LogP contribution in [0.15, 0.2) is 24.3 Å². The van der Waals surface area contributed by atoms with Crippen molar-refractivity contribution in [3.8, 4) is 0 Å². The Morgan fingerprint density at radius 1 is 0.955 bits per heavy atom. The van der Waals surface area contributed by atoms with Crippen LogP contribution in [0.25, 0.3) is 0 Å². The molecule has 0 fully saturated rings. The summed E-state index contributed by atoms with van der Waals surface area (Å²) in [5.41, 5.74) is 1.21. The summed E-state index contributed by atoms with van der Waals surface area (Å²) in [6.45, 7) is 8.94. The first kappa shape index (κ1) is 18.9. The lowest BCUT2D eigenvalue weighted by Crippen LogP contribution is -2.00. The van der Waals surface area contributed by atoms with Gasteiger partial charge in [-0.05, 0) is 40.7 Å². The molecule has 2 aromatic rings. The molecule has 1 heterocycles. The highest BCUT2D eigenvalue weighted by Crippen LogP contribution is 2.23. The van der Waals surface area contributed by atoms with Crippen molar-refractivity contribution in [2.75, 3.05) is 5.32 Å². The number of hydrogen-bond acceptors (Lipinski definition) is 4. The van der Waals surface area contributed by atoms with E-state index in [1.54, 1.807) is 12.1 Å². The standard InChI is InChI=1S/C9H5Cl3N4.C6H14/c10-5-3-1-2-4-6(5)13-9-15-7(11)14-8(12)16-9;1-5-6(2,3)4/h1-4H,(H,13,14,15,16);5H2,1-4H3. The molecule has 0 radical (unpaired) electrons. The van der Waals surface area contributed by atoms with Crippen LogP contribution >= 0.6 is 34.8 Å². The first-order valence-corrected chi connectivity index (χ1v) is 7.93. The Labute approximate surface area is 146 Å². The minimum atomic E-state index is 0.0227. The molecule has 0 unspecified atom stereocenters. The van der Waals surface area contributed by atoms with Crippen molar-refractivity contribution in [3.63, 3.8) is 0 Å². The van der Waals surface area contributed by atoms with Gasteiger partial charge in [0.15, 0.2) is 0 Å². The van der Waals surface area contributed by atoms with Gasteiger partial charge in [-0.3, -0.25) is 0 Å². The Morgan fingerprint density at radius 3 is 1.91 bits per heavy atom. The molecule has 1 aromatic heterocycles. The van der Waals surface area contributed by atoms with E-state index in [2.05, 4.69) is 48.0 Å². The fourth-order valence-corrected chi connectivity index (χ4v) is 1.61. The molecule has 1 N–H and O–H groups in total. The van der Waals surface area contributed by atoms with Gasteiger partial charge in [-0.15, -0.1) is 0 Å². The number of benzene rings is 1. The lowest BCUT2D eigenvalue weighted by Gasteiger charge is -2.12. The van der Waals surface area contributed by atoms with E-state index in [1.165, 1.54) is 6.42 Å². The molecule has 0 amide bonds. The lowest BCUT2D eigenvalue weighted by molar-refractivity contribution is 0.398. The Morgan fingerprint density at radius 2 is 1.45 bits per heavy atom. The van der Waals surface area contributed by atoms with E-state index in [1.807, 2.05) is 12.1 Å². The molecule has 4 nitrogen and oxygen atoms in total. The van der Waals surface area contributed by atoms with Crippen molar-refractivity contribution in [2.24, 2.45) is 5.41 Å². The van der Waals surface area contributed by atoms with Gasteiger partial charge in [0, 0.05) is 0 Å². The summed E-state index contributed by atoms with van der Waals surface area (Å²) >= 11 is 17.2. The SMILES string of the molecule is CCC(C)(C)C.Clc1nc(Cl)nc(Nc2ccccc2Cl)n1. The molecular weight excluding hydrogens is 343 g/mol. The van der Waals surface area contributed by atoms with Crippen molar-refractivity contribution in [1.29, 1.82) is 0 Å². The first-order valence-electron chi connectivity index (χ1n) is 6.80. The third-order valence-corrected chi connectivity index (χ3v) is 3.43. The Kier molecular flexibility index (Phi) is 7.33. The topological polar surface area (TPSA) is 50.7 Å². The van der Waals surface area contributed by atoms with Gasteiger partial charge in [-0.25, -0.2) is 0 Å². The van der Waals surface area contributed by atoms with Crippen LogP contribution in [-0.2, 0) is 0 Å². The van der Waals surface area contributed by atoms with Crippen molar-refractivity contribution >= 4 is 46.4 Å². The third-order valence-electron chi connectivity index (χ3n) is 2.76. The highest BCUT2D eigenvalue weighted by Gasteiger charge is 2.05. The van der Waals surface area contributed by atoms with E-state index in [4.69, 9.17) is 34.8 Å². The van der Waals surface area contributed by atoms with Crippen molar-refractivity contribution in [1.82, 2.24) is 15.0 Å². The predicted octanol–water partition coefficient (Wildman–Crippen LogP) is 6.02. The number of hydrogen-bond donors (Lipinski definition) is 1. The monoisotopic (exact) mass is 360 g/mol. The van der Waals surface area contributed by atoms with Gasteiger partial charge in [0.2, 0.25) is 16.5 Å². The molecule has 0 aliphatic carbocycles. The van der Waals surface area contributed by atoms with Crippen LogP contribution in [0.1, 0.15) is 34.1 Å². The summed E-state index contributed by atoms with van der Waals surface area (Å²) in [6.07, 6.45) is 1.27. The maximum atomic E-state index is 5.95. The maximum Gasteiger partial charge on any atom is 0.232 e. The smallest absolute Gasteiger partial charge is 0.232 e. The van der Waals surface area contributed by atoms with Crippen molar-refractivity contribution < 1.29 is 0 Å². The summed E-state index contributed by atoms with van der Waals surface area (Å²) in [4.78, 5) is 11.4. The molecule has 0 aliphatic rings. The number of nitrogens with zero attached hydrogens (tertiary/aromatic N) is 3. The average Bonchev–Trinajstić information content (AvgIpc) is 2.40. The average molecular weight is 362 g/mol. The molecule has 0 spiro atoms. The van der Waals surface area contributed by atoms with E-state index < -0.39 is 0 Å². The van der Waals surface area contributed by atoms with Crippen LogP contribution in [0, 0.1) is 5.41 Å². The lowest BCUT2D eigenvalue weighted by atomic mass is 9.94. The molecule has 0 saturated heterocycles. The van der Waals surface area contributed by atoms with Crippen molar-refractivity contribution in [3.05, 3.63) is 39.9 Å². The zero-order valence-corrected chi connectivity index (χ0v) is 15.3. The second-order valence-electron chi connectivity index (χ2n) is 5.72. The molecular formula is C15H19Cl3N4. The van der Waals surface area contributed by atoms with E-state index in [0.29, 0.717) is 16.1 Å². The second-order valence-corrected chi connectivity index (χ2v) is 6.80. The molecule has 120 valence electrons. The molecule has 0 aliphatic heterocycles. The van der Waals surface area contributed by atoms with Crippen LogP contribution in [0.3, 0.4) is 0 Å². The van der Waals surface area contributed by atoms with Gasteiger partial charge < -0.3 is 5.32 Å². The van der Waals surface area contributed by atoms with Crippen molar-refractivity contribution in [2.45, 2.75) is 34.1 Å². The number of anilines is 2. The highest BCUT2D eigenvalue weighted by molar-refractivity contribution is 6.33. The van der Waals surface area contributed by atoms with Gasteiger partial charge in [-0.2, -0.15) is 15.0 Å². The van der Waals surface area contributed by atoms with Crippen LogP contribution in [0.2, 0.25) is 15.6 Å². The molecule has 1 aromatic carbocycles. The fraction of sp³-hybridized carbons (Fsp3) is 0.400. The fourth-order valence-electron chi connectivity index (χ4n) is 1.06. The summed E-state index contributed by atoms with van der Waals surface area (Å²) in [5, 5.41) is 3.49. The zero-order chi connectivity index (χ0) is 16.8. The van der Waals surface area contributed by atoms with E-state index in [9.17, 15) is 0 Å². The maximum absolute atomic E-state index is 5.95. The van der Waals surface area contributed by atoms with E-state index in [-0.39, 0.29) is 16.5 Å². The molecule has 22 heavy (non-hydrogen) atoms. The molecule has 7 heteroatoms. The number of rotatable bonds is 2. The van der Waals surface area contributed by atoms with Crippen LogP contribution in [-0.4, -0.2) is 15.0 Å². The number of nitrogens with one attached hydrogen (secondary N) is 1. The second kappa shape index (κ2) is 8.51. The predicted molar refractivity (Wildman–Crippen MR) is 94.3 cm³/mol. The summed E-state index contributed by atoms with van der Waals surface area (Å²) in [6, 6.07) is 7.18. The van der Waals surface area contributed by atoms with Crippen LogP contribution in [0.4, 0.5) is 11.6 Å². The summed E-state index contributed by atoms with van der Waals surface area (Å²) < 4.78 is 0. The minimum absolute atomic E-state index is 0.0227. The zero-order valence-electron chi connectivity index (χ0n) is 13.0. The number of halogens is 3. The third kappa shape index (κ3) is 7.25. The molecule has 0 atom stereocenters. The quantitative estimate of drug-likeness (QED) is 0.710. The van der Waals surface area contributed by atoms with Gasteiger partial charge in [0.05, 0.1) is 10.7 Å². The van der Waals surface area contributed by atoms with Gasteiger partial charge in [0.1, 0.15) is 0 Å². The largest absolute Gasteiger partial charge is 0.323 e. The Hall–Kier alpha value is -1.10. The van der Waals surface area contributed by atoms with Crippen LogP contribution in [0.5, 0.6) is 0 Å².